The van der Waals surface area contributed by atoms with Gasteiger partial charge in [-0.25, -0.2) is 0 Å². The van der Waals surface area contributed by atoms with Gasteiger partial charge in [0.2, 0.25) is 0 Å². The molecule has 2 N–H and O–H groups in total. The molecule has 1 aromatic rings. The van der Waals surface area contributed by atoms with E-state index < -0.39 is 0 Å². The minimum atomic E-state index is 0. The molecule has 0 saturated carbocycles. The Morgan fingerprint density at radius 1 is 1.17 bits per heavy atom. The first-order valence-corrected chi connectivity index (χ1v) is 3.11. The zero-order valence-electron chi connectivity index (χ0n) is 6.22. The van der Waals surface area contributed by atoms with Crippen LogP contribution in [-0.4, -0.2) is 25.8 Å². The molecule has 0 aliphatic heterocycles. The van der Waals surface area contributed by atoms with E-state index in [9.17, 15) is 0 Å². The van der Waals surface area contributed by atoms with Gasteiger partial charge in [-0.3, -0.25) is 0 Å². The number of hydrogen-bond donors (Lipinski definition) is 1. The average Bonchev–Trinajstić information content (AvgIpc) is 1.90. The van der Waals surface area contributed by atoms with Gasteiger partial charge in [0.25, 0.3) is 0 Å². The van der Waals surface area contributed by atoms with Gasteiger partial charge in [0, 0.05) is 6.04 Å². The van der Waals surface area contributed by atoms with E-state index in [0.717, 1.165) is 0 Å². The summed E-state index contributed by atoms with van der Waals surface area (Å²) in [6, 6.07) is 10.2. The Bertz CT molecular complexity index is 182. The van der Waals surface area contributed by atoms with Crippen LogP contribution in [0.2, 0.25) is 0 Å². The second-order valence-corrected chi connectivity index (χ2v) is 2.20. The summed E-state index contributed by atoms with van der Waals surface area (Å²) in [7, 11) is 0. The van der Waals surface area contributed by atoms with Crippen LogP contribution in [0.1, 0.15) is 18.5 Å². The van der Waals surface area contributed by atoms with E-state index in [1.165, 1.54) is 5.56 Å². The van der Waals surface area contributed by atoms with Crippen LogP contribution < -0.4 is 22.7 Å². The van der Waals surface area contributed by atoms with Crippen molar-refractivity contribution in [1.29, 1.82) is 0 Å². The molecule has 0 radical (unpaired) electrons. The van der Waals surface area contributed by atoms with Crippen LogP contribution in [0.25, 0.3) is 0 Å². The zero-order chi connectivity index (χ0) is 6.69. The summed E-state index contributed by atoms with van der Waals surface area (Å²) in [5.41, 5.74) is 6.81. The summed E-state index contributed by atoms with van der Waals surface area (Å²) in [6.07, 6.45) is 0. The molecule has 1 atom stereocenters. The Hall–Kier alpha value is 1.27. The molecule has 0 aromatic heterocycles. The van der Waals surface area contributed by atoms with E-state index >= 15 is 0 Å². The van der Waals surface area contributed by atoms with Gasteiger partial charge in [-0.05, 0) is 12.5 Å². The van der Waals surface area contributed by atoms with Crippen LogP contribution in [0.15, 0.2) is 30.3 Å². The summed E-state index contributed by atoms with van der Waals surface area (Å²) in [6.45, 7) is 1.98. The third kappa shape index (κ3) is 6.75. The first kappa shape index (κ1) is 18.9. The number of hydrogen-bond acceptors (Lipinski definition) is 1. The minimum absolute atomic E-state index is 0. The van der Waals surface area contributed by atoms with E-state index in [2.05, 4.69) is 0 Å². The Kier molecular flexibility index (Phi) is 16.3. The molecule has 12 heavy (non-hydrogen) atoms. The molecule has 0 bridgehead atoms. The molecule has 1 nitrogen and oxygen atoms in total. The topological polar surface area (TPSA) is 26.0 Å². The van der Waals surface area contributed by atoms with Crippen molar-refractivity contribution in [2.24, 2.45) is 5.73 Å². The predicted molar refractivity (Wildman–Crippen MR) is 49.0 cm³/mol. The molecule has 1 aromatic carbocycles. The van der Waals surface area contributed by atoms with Gasteiger partial charge in [-0.2, -0.15) is 0 Å². The molecule has 0 heterocycles. The van der Waals surface area contributed by atoms with Gasteiger partial charge < -0.3 is 22.7 Å². The molecule has 0 aliphatic rings. The molecule has 0 spiro atoms. The summed E-state index contributed by atoms with van der Waals surface area (Å²) in [5, 5.41) is 0. The molecule has 1 unspecified atom stereocenters. The standard InChI is InChI=1S/C8H11N.Ag.BrH.In.3H/c1-7(9)8-5-3-2-4-6-8;;;;;;/h2-7H,9H2,1H3;;1H;;;;/q;+1;;;;;/p-1. The van der Waals surface area contributed by atoms with Crippen LogP contribution in [0.5, 0.6) is 0 Å². The Morgan fingerprint density at radius 3 is 1.83 bits per heavy atom. The van der Waals surface area contributed by atoms with Crippen molar-refractivity contribution in [3.63, 3.8) is 0 Å². The van der Waals surface area contributed by atoms with Crippen molar-refractivity contribution in [1.82, 2.24) is 0 Å². The van der Waals surface area contributed by atoms with E-state index in [1.54, 1.807) is 0 Å². The summed E-state index contributed by atoms with van der Waals surface area (Å²) in [4.78, 5) is 0. The van der Waals surface area contributed by atoms with Crippen molar-refractivity contribution in [3.8, 4) is 0 Å². The molecular weight excluding hydrogens is 413 g/mol. The second-order valence-electron chi connectivity index (χ2n) is 2.20. The Labute approximate surface area is 119 Å². The van der Waals surface area contributed by atoms with Crippen molar-refractivity contribution in [3.05, 3.63) is 35.9 Å². The van der Waals surface area contributed by atoms with Gasteiger partial charge in [-0.1, -0.05) is 30.3 Å². The molecular formula is C8H14AgBrInN. The Morgan fingerprint density at radius 2 is 1.58 bits per heavy atom. The number of nitrogens with two attached hydrogens (primary N) is 1. The third-order valence-electron chi connectivity index (χ3n) is 1.33. The van der Waals surface area contributed by atoms with Crippen molar-refractivity contribution < 1.29 is 39.4 Å². The normalized spacial score (nSPS) is 9.83. The van der Waals surface area contributed by atoms with Gasteiger partial charge in [-0.15, -0.1) is 0 Å². The number of halogens is 1. The summed E-state index contributed by atoms with van der Waals surface area (Å²) >= 11 is 0. The van der Waals surface area contributed by atoms with E-state index in [4.69, 9.17) is 5.73 Å². The SMILES string of the molecule is CC(N)c1ccccc1.[Ag+].[Br-].[InH3]. The second kappa shape index (κ2) is 10.4. The monoisotopic (exact) mass is 425 g/mol. The Balaban J connectivity index is -0.000000270. The third-order valence-corrected chi connectivity index (χ3v) is 1.33. The average molecular weight is 427 g/mol. The fraction of sp³-hybridized carbons (Fsp3) is 0.250. The zero-order valence-corrected chi connectivity index (χ0v) is 9.29. The van der Waals surface area contributed by atoms with Gasteiger partial charge in [0.15, 0.2) is 0 Å². The molecule has 1 rings (SSSR count). The van der Waals surface area contributed by atoms with E-state index in [-0.39, 0.29) is 71.2 Å². The van der Waals surface area contributed by atoms with E-state index in [1.807, 2.05) is 37.3 Å². The fourth-order valence-corrected chi connectivity index (χ4v) is 0.757. The maximum absolute atomic E-state index is 5.61. The van der Waals surface area contributed by atoms with Crippen LogP contribution >= 0.6 is 0 Å². The number of benzene rings is 1. The number of rotatable bonds is 1. The fourth-order valence-electron chi connectivity index (χ4n) is 0.757. The predicted octanol–water partition coefficient (Wildman–Crippen LogP) is -2.48. The molecule has 72 valence electrons. The molecule has 4 heteroatoms. The van der Waals surface area contributed by atoms with Crippen molar-refractivity contribution in [2.75, 3.05) is 0 Å². The molecule has 0 fully saturated rings. The van der Waals surface area contributed by atoms with Crippen molar-refractivity contribution >= 4 is 25.8 Å². The van der Waals surface area contributed by atoms with E-state index in [0.29, 0.717) is 0 Å². The van der Waals surface area contributed by atoms with Crippen LogP contribution in [0, 0.1) is 0 Å². The van der Waals surface area contributed by atoms with Crippen LogP contribution in [0.4, 0.5) is 0 Å². The van der Waals surface area contributed by atoms with Gasteiger partial charge in [0.1, 0.15) is 0 Å². The first-order valence-electron chi connectivity index (χ1n) is 3.11. The van der Waals surface area contributed by atoms with Crippen molar-refractivity contribution in [2.45, 2.75) is 13.0 Å². The summed E-state index contributed by atoms with van der Waals surface area (Å²) in [5.74, 6) is 0. The first-order chi connectivity index (χ1) is 4.30. The molecule has 0 amide bonds. The van der Waals surface area contributed by atoms with Gasteiger partial charge in [0.05, 0.1) is 0 Å². The van der Waals surface area contributed by atoms with Crippen LogP contribution in [-0.2, 0) is 22.4 Å². The van der Waals surface area contributed by atoms with Crippen LogP contribution in [0.3, 0.4) is 0 Å². The summed E-state index contributed by atoms with van der Waals surface area (Å²) < 4.78 is 0. The molecule has 0 saturated heterocycles. The quantitative estimate of drug-likeness (QED) is 0.495. The van der Waals surface area contributed by atoms with Gasteiger partial charge >= 0.3 is 48.2 Å². The molecule has 0 aliphatic carbocycles. The maximum atomic E-state index is 5.61.